The fraction of sp³-hybridized carbons (Fsp3) is 0. The average Bonchev–Trinajstić information content (AvgIpc) is 2.47. The first-order valence-electron chi connectivity index (χ1n) is 5.94. The van der Waals surface area contributed by atoms with E-state index in [0.717, 1.165) is 21.9 Å². The molecule has 0 unspecified atom stereocenters. The smallest absolute Gasteiger partial charge is 0.193 e. The lowest BCUT2D eigenvalue weighted by molar-refractivity contribution is 0.104. The van der Waals surface area contributed by atoms with Crippen LogP contribution in [-0.2, 0) is 0 Å². The number of hydrogen-bond acceptors (Lipinski definition) is 1. The van der Waals surface area contributed by atoms with Gasteiger partial charge in [0, 0.05) is 11.1 Å². The molecule has 86 valence electrons. The van der Waals surface area contributed by atoms with Crippen LogP contribution in [0.4, 0.5) is 0 Å². The van der Waals surface area contributed by atoms with E-state index in [4.69, 9.17) is 0 Å². The maximum atomic E-state index is 12.5. The van der Waals surface area contributed by atoms with Crippen LogP contribution in [0.3, 0.4) is 0 Å². The van der Waals surface area contributed by atoms with Gasteiger partial charge in [0.15, 0.2) is 5.78 Å². The van der Waals surface area contributed by atoms with Gasteiger partial charge in [-0.15, -0.1) is 0 Å². The number of ketones is 1. The van der Waals surface area contributed by atoms with Gasteiger partial charge in [0.1, 0.15) is 0 Å². The first kappa shape index (κ1) is 10.7. The van der Waals surface area contributed by atoms with E-state index in [-0.39, 0.29) is 5.78 Å². The summed E-state index contributed by atoms with van der Waals surface area (Å²) in [7, 11) is 0. The van der Waals surface area contributed by atoms with E-state index < -0.39 is 0 Å². The molecule has 0 radical (unpaired) electrons. The fourth-order valence-electron chi connectivity index (χ4n) is 2.17. The van der Waals surface area contributed by atoms with Gasteiger partial charge in [-0.25, -0.2) is 0 Å². The van der Waals surface area contributed by atoms with Gasteiger partial charge in [-0.2, -0.15) is 0 Å². The Labute approximate surface area is 106 Å². The molecule has 3 aromatic rings. The molecule has 1 nitrogen and oxygen atoms in total. The normalized spacial score (nSPS) is 10.4. The molecular formula is C17H12O. The summed E-state index contributed by atoms with van der Waals surface area (Å²) in [5.74, 6) is 0.0763. The van der Waals surface area contributed by atoms with Gasteiger partial charge in [-0.1, -0.05) is 72.8 Å². The van der Waals surface area contributed by atoms with E-state index in [0.29, 0.717) is 0 Å². The Balaban J connectivity index is 2.18. The van der Waals surface area contributed by atoms with Gasteiger partial charge in [0.25, 0.3) is 0 Å². The molecule has 3 aromatic carbocycles. The van der Waals surface area contributed by atoms with Crippen LogP contribution in [0, 0.1) is 0 Å². The van der Waals surface area contributed by atoms with Crippen molar-refractivity contribution in [3.05, 3.63) is 83.9 Å². The van der Waals surface area contributed by atoms with E-state index in [9.17, 15) is 4.79 Å². The number of benzene rings is 3. The standard InChI is InChI=1S/C17H12O/c18-17(14-8-2-1-3-9-14)16-12-6-10-13-7-4-5-11-15(13)16/h1-12H. The number of hydrogen-bond donors (Lipinski definition) is 0. The molecular weight excluding hydrogens is 220 g/mol. The quantitative estimate of drug-likeness (QED) is 0.609. The number of carbonyl (C=O) groups is 1. The van der Waals surface area contributed by atoms with Crippen molar-refractivity contribution in [2.75, 3.05) is 0 Å². The second kappa shape index (κ2) is 4.46. The molecule has 0 aliphatic carbocycles. The van der Waals surface area contributed by atoms with Crippen LogP contribution in [-0.4, -0.2) is 5.78 Å². The third-order valence-corrected chi connectivity index (χ3v) is 3.07. The van der Waals surface area contributed by atoms with Crippen molar-refractivity contribution in [2.24, 2.45) is 0 Å². The van der Waals surface area contributed by atoms with Crippen molar-refractivity contribution in [2.45, 2.75) is 0 Å². The Morgan fingerprint density at radius 2 is 1.33 bits per heavy atom. The summed E-state index contributed by atoms with van der Waals surface area (Å²) in [5.41, 5.74) is 1.49. The Bertz CT molecular complexity index is 694. The molecule has 0 aromatic heterocycles. The Morgan fingerprint density at radius 3 is 2.17 bits per heavy atom. The first-order valence-corrected chi connectivity index (χ1v) is 5.94. The summed E-state index contributed by atoms with van der Waals surface area (Å²) in [6.45, 7) is 0. The van der Waals surface area contributed by atoms with Crippen molar-refractivity contribution < 1.29 is 4.79 Å². The molecule has 0 fully saturated rings. The van der Waals surface area contributed by atoms with E-state index >= 15 is 0 Å². The minimum Gasteiger partial charge on any atom is -0.289 e. The van der Waals surface area contributed by atoms with Crippen molar-refractivity contribution in [1.29, 1.82) is 0 Å². The first-order chi connectivity index (χ1) is 8.86. The highest BCUT2D eigenvalue weighted by Crippen LogP contribution is 2.21. The molecule has 0 bridgehead atoms. The summed E-state index contributed by atoms with van der Waals surface area (Å²) in [5, 5.41) is 2.10. The van der Waals surface area contributed by atoms with Gasteiger partial charge in [0.2, 0.25) is 0 Å². The van der Waals surface area contributed by atoms with Crippen LogP contribution in [0.2, 0.25) is 0 Å². The zero-order valence-corrected chi connectivity index (χ0v) is 9.84. The molecule has 0 amide bonds. The van der Waals surface area contributed by atoms with E-state index in [2.05, 4.69) is 0 Å². The lowest BCUT2D eigenvalue weighted by Crippen LogP contribution is -2.01. The van der Waals surface area contributed by atoms with Gasteiger partial charge in [0.05, 0.1) is 0 Å². The Morgan fingerprint density at radius 1 is 0.667 bits per heavy atom. The summed E-state index contributed by atoms with van der Waals surface area (Å²) in [6, 6.07) is 23.2. The molecule has 18 heavy (non-hydrogen) atoms. The van der Waals surface area contributed by atoms with Crippen molar-refractivity contribution in [3.8, 4) is 0 Å². The summed E-state index contributed by atoms with van der Waals surface area (Å²) in [6.07, 6.45) is 0. The molecule has 3 rings (SSSR count). The number of rotatable bonds is 2. The zero-order valence-electron chi connectivity index (χ0n) is 9.84. The molecule has 0 aliphatic heterocycles. The predicted octanol–water partition coefficient (Wildman–Crippen LogP) is 4.07. The van der Waals surface area contributed by atoms with Crippen LogP contribution in [0.1, 0.15) is 15.9 Å². The summed E-state index contributed by atoms with van der Waals surface area (Å²) >= 11 is 0. The van der Waals surface area contributed by atoms with Gasteiger partial charge >= 0.3 is 0 Å². The average molecular weight is 232 g/mol. The molecule has 0 heterocycles. The Kier molecular flexibility index (Phi) is 2.66. The highest BCUT2D eigenvalue weighted by Gasteiger charge is 2.11. The van der Waals surface area contributed by atoms with Crippen LogP contribution in [0.25, 0.3) is 10.8 Å². The van der Waals surface area contributed by atoms with E-state index in [1.807, 2.05) is 72.8 Å². The maximum absolute atomic E-state index is 12.5. The third kappa shape index (κ3) is 1.80. The van der Waals surface area contributed by atoms with Gasteiger partial charge in [-0.3, -0.25) is 4.79 Å². The van der Waals surface area contributed by atoms with Crippen LogP contribution in [0.15, 0.2) is 72.8 Å². The molecule has 0 saturated carbocycles. The van der Waals surface area contributed by atoms with Crippen LogP contribution < -0.4 is 0 Å². The number of carbonyl (C=O) groups excluding carboxylic acids is 1. The second-order valence-corrected chi connectivity index (χ2v) is 4.22. The topological polar surface area (TPSA) is 17.1 Å². The lowest BCUT2D eigenvalue weighted by Gasteiger charge is -2.05. The highest BCUT2D eigenvalue weighted by atomic mass is 16.1. The molecule has 0 saturated heterocycles. The molecule has 0 atom stereocenters. The zero-order chi connectivity index (χ0) is 12.4. The summed E-state index contributed by atoms with van der Waals surface area (Å²) < 4.78 is 0. The third-order valence-electron chi connectivity index (χ3n) is 3.07. The van der Waals surface area contributed by atoms with E-state index in [1.54, 1.807) is 0 Å². The maximum Gasteiger partial charge on any atom is 0.193 e. The lowest BCUT2D eigenvalue weighted by atomic mass is 9.97. The summed E-state index contributed by atoms with van der Waals surface area (Å²) in [4.78, 5) is 12.5. The monoisotopic (exact) mass is 232 g/mol. The second-order valence-electron chi connectivity index (χ2n) is 4.22. The number of fused-ring (bicyclic) bond motifs is 1. The van der Waals surface area contributed by atoms with Crippen molar-refractivity contribution in [1.82, 2.24) is 0 Å². The molecule has 1 heteroatoms. The van der Waals surface area contributed by atoms with Crippen LogP contribution in [0.5, 0.6) is 0 Å². The fourth-order valence-corrected chi connectivity index (χ4v) is 2.17. The highest BCUT2D eigenvalue weighted by molar-refractivity contribution is 6.16. The van der Waals surface area contributed by atoms with Gasteiger partial charge < -0.3 is 0 Å². The van der Waals surface area contributed by atoms with Crippen molar-refractivity contribution >= 4 is 16.6 Å². The molecule has 0 aliphatic rings. The Hall–Kier alpha value is -2.41. The SMILES string of the molecule is O=C(c1ccccc1)c1cccc2ccccc12. The molecule has 0 spiro atoms. The van der Waals surface area contributed by atoms with Crippen LogP contribution >= 0.6 is 0 Å². The molecule has 0 N–H and O–H groups in total. The van der Waals surface area contributed by atoms with E-state index in [1.165, 1.54) is 0 Å². The largest absolute Gasteiger partial charge is 0.289 e. The minimum atomic E-state index is 0.0763. The van der Waals surface area contributed by atoms with Gasteiger partial charge in [-0.05, 0) is 10.8 Å². The minimum absolute atomic E-state index is 0.0763. The van der Waals surface area contributed by atoms with Crippen molar-refractivity contribution in [3.63, 3.8) is 0 Å². The predicted molar refractivity (Wildman–Crippen MR) is 73.8 cm³/mol.